The van der Waals surface area contributed by atoms with Gasteiger partial charge in [0.1, 0.15) is 0 Å². The highest BCUT2D eigenvalue weighted by Crippen LogP contribution is 2.62. The molecule has 1 atom stereocenters. The van der Waals surface area contributed by atoms with Crippen LogP contribution in [0.3, 0.4) is 0 Å². The molecule has 0 rings (SSSR count). The Labute approximate surface area is 159 Å². The first-order valence-corrected chi connectivity index (χ1v) is 8.35. The number of halogens is 16. The van der Waals surface area contributed by atoms with Gasteiger partial charge in [-0.25, -0.2) is 13.5 Å². The molecular weight excluding hydrogens is 519 g/mol. The minimum atomic E-state index is -8.35. The normalized spacial score (nSPS) is 17.1. The van der Waals surface area contributed by atoms with E-state index in [1.165, 1.54) is 0 Å². The summed E-state index contributed by atoms with van der Waals surface area (Å²) >= 11 is 0. The molecule has 0 amide bonds. The summed E-state index contributed by atoms with van der Waals surface area (Å²) in [5.41, 5.74) is 0. The van der Waals surface area contributed by atoms with Crippen molar-refractivity contribution in [2.45, 2.75) is 60.9 Å². The fourth-order valence-electron chi connectivity index (χ4n) is 1.66. The summed E-state index contributed by atoms with van der Waals surface area (Å²) in [6.45, 7) is 0. The molecule has 0 bridgehead atoms. The average Bonchev–Trinajstić information content (AvgIpc) is 2.48. The molecule has 0 spiro atoms. The van der Waals surface area contributed by atoms with Gasteiger partial charge in [0, 0.05) is 6.42 Å². The molecule has 31 heavy (non-hydrogen) atoms. The Bertz CT molecular complexity index is 682. The van der Waals surface area contributed by atoms with Crippen LogP contribution < -0.4 is 0 Å². The van der Waals surface area contributed by atoms with Gasteiger partial charge in [0.2, 0.25) is 0 Å². The zero-order chi connectivity index (χ0) is 25.7. The van der Waals surface area contributed by atoms with Gasteiger partial charge in [-0.15, -0.1) is 0 Å². The van der Waals surface area contributed by atoms with Gasteiger partial charge in [0.15, 0.2) is 6.17 Å². The van der Waals surface area contributed by atoms with E-state index in [1.807, 2.05) is 4.52 Å². The maximum Gasteiger partial charge on any atom is 0.474 e. The van der Waals surface area contributed by atoms with Gasteiger partial charge in [-0.1, -0.05) is 0 Å². The Morgan fingerprint density at radius 3 is 1.35 bits per heavy atom. The standard InChI is InChI=1S/C10H7F16O4P/c11-3(1-2-4(12,13)14)5(15,16)6(17,18)7(19,20)8(21,22)9(23,24)10(25,26)30-31(27,28)29/h3H,1-2H2,(H2,27,28,29). The van der Waals surface area contributed by atoms with Crippen molar-refractivity contribution in [1.82, 2.24) is 0 Å². The Kier molecular flexibility index (Phi) is 7.82. The highest BCUT2D eigenvalue weighted by molar-refractivity contribution is 7.46. The first-order chi connectivity index (χ1) is 13.1. The van der Waals surface area contributed by atoms with E-state index in [2.05, 4.69) is 0 Å². The highest BCUT2D eigenvalue weighted by atomic mass is 31.2. The molecule has 0 aliphatic heterocycles. The fourth-order valence-corrected chi connectivity index (χ4v) is 2.07. The van der Waals surface area contributed by atoms with Gasteiger partial charge in [-0.05, 0) is 6.42 Å². The number of phosphoric ester groups is 1. The molecule has 0 fully saturated rings. The first-order valence-electron chi connectivity index (χ1n) is 6.82. The summed E-state index contributed by atoms with van der Waals surface area (Å²) in [6.07, 6.45) is -23.5. The lowest BCUT2D eigenvalue weighted by Gasteiger charge is -2.41. The second kappa shape index (κ2) is 8.09. The second-order valence-electron chi connectivity index (χ2n) is 5.64. The van der Waals surface area contributed by atoms with Crippen LogP contribution >= 0.6 is 7.82 Å². The van der Waals surface area contributed by atoms with Gasteiger partial charge in [-0.2, -0.15) is 65.9 Å². The summed E-state index contributed by atoms with van der Waals surface area (Å²) < 4.78 is 219. The van der Waals surface area contributed by atoms with E-state index < -0.39 is 68.7 Å². The number of hydrogen-bond acceptors (Lipinski definition) is 2. The van der Waals surface area contributed by atoms with Crippen LogP contribution in [0.1, 0.15) is 12.8 Å². The number of rotatable bonds is 10. The molecule has 0 aromatic rings. The minimum absolute atomic E-state index is 1.83. The molecule has 0 aromatic carbocycles. The van der Waals surface area contributed by atoms with E-state index in [1.54, 1.807) is 0 Å². The quantitative estimate of drug-likeness (QED) is 0.290. The molecule has 1 unspecified atom stereocenters. The topological polar surface area (TPSA) is 66.8 Å². The maximum atomic E-state index is 13.3. The summed E-state index contributed by atoms with van der Waals surface area (Å²) in [7, 11) is -6.93. The van der Waals surface area contributed by atoms with E-state index in [4.69, 9.17) is 9.79 Å². The molecule has 4 nitrogen and oxygen atoms in total. The third-order valence-corrected chi connectivity index (χ3v) is 3.74. The molecule has 21 heteroatoms. The SMILES string of the molecule is O=P(O)(O)OC(F)(F)C(F)(F)C(F)(F)C(F)(F)C(F)(F)C(F)(F)C(F)CCC(F)(F)F. The van der Waals surface area contributed by atoms with Crippen molar-refractivity contribution >= 4 is 7.82 Å². The van der Waals surface area contributed by atoms with Crippen LogP contribution in [0.4, 0.5) is 70.2 Å². The summed E-state index contributed by atoms with van der Waals surface area (Å²) in [5.74, 6) is -40.1. The van der Waals surface area contributed by atoms with Crippen molar-refractivity contribution in [2.75, 3.05) is 0 Å². The van der Waals surface area contributed by atoms with Crippen molar-refractivity contribution in [3.8, 4) is 0 Å². The van der Waals surface area contributed by atoms with Crippen molar-refractivity contribution in [3.63, 3.8) is 0 Å². The molecule has 2 N–H and O–H groups in total. The van der Waals surface area contributed by atoms with E-state index in [-0.39, 0.29) is 0 Å². The second-order valence-corrected chi connectivity index (χ2v) is 6.80. The third-order valence-electron chi connectivity index (χ3n) is 3.28. The fraction of sp³-hybridized carbons (Fsp3) is 1.00. The Balaban J connectivity index is 6.31. The highest BCUT2D eigenvalue weighted by Gasteiger charge is 2.91. The van der Waals surface area contributed by atoms with Gasteiger partial charge in [0.05, 0.1) is 0 Å². The monoisotopic (exact) mass is 526 g/mol. The smallest absolute Gasteiger partial charge is 0.303 e. The van der Waals surface area contributed by atoms with Gasteiger partial charge in [0.25, 0.3) is 0 Å². The van der Waals surface area contributed by atoms with Crippen LogP contribution in [-0.4, -0.2) is 57.9 Å². The lowest BCUT2D eigenvalue weighted by Crippen LogP contribution is -2.72. The Morgan fingerprint density at radius 1 is 0.677 bits per heavy atom. The predicted octanol–water partition coefficient (Wildman–Crippen LogP) is 5.55. The van der Waals surface area contributed by atoms with Crippen molar-refractivity contribution in [2.24, 2.45) is 0 Å². The molecule has 0 saturated heterocycles. The summed E-state index contributed by atoms with van der Waals surface area (Å²) in [4.78, 5) is 15.8. The van der Waals surface area contributed by atoms with Crippen LogP contribution in [0.2, 0.25) is 0 Å². The number of hydrogen-bond donors (Lipinski definition) is 2. The van der Waals surface area contributed by atoms with Crippen molar-refractivity contribution < 1.29 is 89.1 Å². The molecule has 0 aliphatic carbocycles. The molecule has 0 aliphatic rings. The van der Waals surface area contributed by atoms with E-state index >= 15 is 0 Å². The Hall–Kier alpha value is -1.01. The van der Waals surface area contributed by atoms with Crippen LogP contribution in [0.5, 0.6) is 0 Å². The van der Waals surface area contributed by atoms with Gasteiger partial charge >= 0.3 is 49.7 Å². The molecule has 0 saturated carbocycles. The van der Waals surface area contributed by atoms with Crippen LogP contribution in [-0.2, 0) is 9.09 Å². The van der Waals surface area contributed by atoms with E-state index in [0.29, 0.717) is 0 Å². The van der Waals surface area contributed by atoms with Crippen LogP contribution in [0.25, 0.3) is 0 Å². The summed E-state index contributed by atoms with van der Waals surface area (Å²) in [5, 5.41) is 0. The lowest BCUT2D eigenvalue weighted by molar-refractivity contribution is -0.450. The average molecular weight is 526 g/mol. The zero-order valence-corrected chi connectivity index (χ0v) is 14.6. The van der Waals surface area contributed by atoms with Crippen LogP contribution in [0, 0.1) is 0 Å². The molecule has 188 valence electrons. The minimum Gasteiger partial charge on any atom is -0.303 e. The van der Waals surface area contributed by atoms with Gasteiger partial charge in [-0.3, -0.25) is 0 Å². The first kappa shape index (κ1) is 30.0. The van der Waals surface area contributed by atoms with Crippen LogP contribution in [0.15, 0.2) is 0 Å². The van der Waals surface area contributed by atoms with Crippen molar-refractivity contribution in [1.29, 1.82) is 0 Å². The maximum absolute atomic E-state index is 13.3. The number of phosphoric acid groups is 1. The molecule has 0 heterocycles. The number of alkyl halides is 16. The van der Waals surface area contributed by atoms with Crippen molar-refractivity contribution in [3.05, 3.63) is 0 Å². The molecule has 0 aromatic heterocycles. The third kappa shape index (κ3) is 5.50. The zero-order valence-electron chi connectivity index (χ0n) is 13.7. The molecule has 0 radical (unpaired) electrons. The van der Waals surface area contributed by atoms with E-state index in [0.717, 1.165) is 0 Å². The Morgan fingerprint density at radius 2 is 1.03 bits per heavy atom. The molecular formula is C10H7F16O4P. The lowest BCUT2D eigenvalue weighted by atomic mass is 9.90. The summed E-state index contributed by atoms with van der Waals surface area (Å²) in [6, 6.07) is 0. The largest absolute Gasteiger partial charge is 0.474 e. The predicted molar refractivity (Wildman–Crippen MR) is 63.0 cm³/mol. The van der Waals surface area contributed by atoms with Gasteiger partial charge < -0.3 is 9.79 Å². The van der Waals surface area contributed by atoms with E-state index in [9.17, 15) is 74.8 Å².